The van der Waals surface area contributed by atoms with E-state index >= 15 is 0 Å². The van der Waals surface area contributed by atoms with Crippen LogP contribution in [-0.2, 0) is 0 Å². The van der Waals surface area contributed by atoms with Gasteiger partial charge in [-0.1, -0.05) is 24.4 Å². The van der Waals surface area contributed by atoms with Gasteiger partial charge in [-0.2, -0.15) is 0 Å². The van der Waals surface area contributed by atoms with Crippen LogP contribution < -0.4 is 4.90 Å². The first kappa shape index (κ1) is 14.1. The van der Waals surface area contributed by atoms with Gasteiger partial charge in [0.1, 0.15) is 0 Å². The third-order valence-electron chi connectivity index (χ3n) is 4.70. The van der Waals surface area contributed by atoms with Crippen LogP contribution in [0.3, 0.4) is 0 Å². The molecule has 0 radical (unpaired) electrons. The summed E-state index contributed by atoms with van der Waals surface area (Å²) in [6.45, 7) is 8.21. The molecule has 0 amide bonds. The van der Waals surface area contributed by atoms with Crippen molar-refractivity contribution in [3.63, 3.8) is 0 Å². The van der Waals surface area contributed by atoms with E-state index in [1.165, 1.54) is 25.7 Å². The van der Waals surface area contributed by atoms with E-state index in [-0.39, 0.29) is 0 Å². The van der Waals surface area contributed by atoms with Gasteiger partial charge in [-0.05, 0) is 26.7 Å². The Morgan fingerprint density at radius 3 is 2.20 bits per heavy atom. The number of rotatable bonds is 2. The van der Waals surface area contributed by atoms with Gasteiger partial charge in [0.05, 0.1) is 11.4 Å². The van der Waals surface area contributed by atoms with Crippen molar-refractivity contribution in [2.45, 2.75) is 45.6 Å². The van der Waals surface area contributed by atoms with E-state index in [0.717, 1.165) is 49.4 Å². The van der Waals surface area contributed by atoms with Crippen molar-refractivity contribution in [1.29, 1.82) is 0 Å². The summed E-state index contributed by atoms with van der Waals surface area (Å²) >= 11 is 6.27. The Morgan fingerprint density at radius 1 is 0.950 bits per heavy atom. The minimum atomic E-state index is 0.544. The van der Waals surface area contributed by atoms with Crippen molar-refractivity contribution in [3.05, 3.63) is 16.5 Å². The zero-order valence-corrected chi connectivity index (χ0v) is 13.2. The fourth-order valence-corrected chi connectivity index (χ4v) is 3.62. The molecule has 1 saturated carbocycles. The molecule has 1 saturated heterocycles. The summed E-state index contributed by atoms with van der Waals surface area (Å²) in [5, 5.41) is 0.544. The summed E-state index contributed by atoms with van der Waals surface area (Å²) in [7, 11) is 0. The highest BCUT2D eigenvalue weighted by atomic mass is 35.5. The Balaban J connectivity index is 1.67. The van der Waals surface area contributed by atoms with E-state index in [9.17, 15) is 0 Å². The topological polar surface area (TPSA) is 32.3 Å². The molecule has 1 aromatic rings. The molecule has 0 N–H and O–H groups in total. The van der Waals surface area contributed by atoms with Crippen LogP contribution >= 0.6 is 11.6 Å². The molecule has 0 atom stereocenters. The molecule has 0 spiro atoms. The van der Waals surface area contributed by atoms with Crippen molar-refractivity contribution >= 4 is 17.4 Å². The van der Waals surface area contributed by atoms with E-state index in [1.807, 2.05) is 13.8 Å². The molecule has 3 rings (SSSR count). The summed E-state index contributed by atoms with van der Waals surface area (Å²) in [4.78, 5) is 14.0. The smallest absolute Gasteiger partial charge is 0.171 e. The first-order valence-electron chi connectivity index (χ1n) is 7.65. The van der Waals surface area contributed by atoms with Crippen LogP contribution in [0.5, 0.6) is 0 Å². The van der Waals surface area contributed by atoms with Crippen LogP contribution in [0.2, 0.25) is 5.15 Å². The predicted octanol–water partition coefficient (Wildman–Crippen LogP) is 2.81. The van der Waals surface area contributed by atoms with Gasteiger partial charge in [-0.25, -0.2) is 9.97 Å². The second-order valence-corrected chi connectivity index (χ2v) is 6.33. The number of aryl methyl sites for hydroxylation is 2. The molecule has 1 aliphatic heterocycles. The second-order valence-electron chi connectivity index (χ2n) is 5.97. The average Bonchev–Trinajstić information content (AvgIpc) is 2.97. The molecule has 1 aliphatic carbocycles. The summed E-state index contributed by atoms with van der Waals surface area (Å²) in [5.41, 5.74) is 1.89. The summed E-state index contributed by atoms with van der Waals surface area (Å²) < 4.78 is 0. The maximum atomic E-state index is 6.27. The fourth-order valence-electron chi connectivity index (χ4n) is 3.33. The lowest BCUT2D eigenvalue weighted by Crippen LogP contribution is -2.50. The lowest BCUT2D eigenvalue weighted by atomic mass is 10.2. The van der Waals surface area contributed by atoms with E-state index in [2.05, 4.69) is 19.8 Å². The van der Waals surface area contributed by atoms with Gasteiger partial charge in [-0.15, -0.1) is 0 Å². The maximum absolute atomic E-state index is 6.27. The molecular formula is C15H23ClN4. The average molecular weight is 295 g/mol. The minimum Gasteiger partial charge on any atom is -0.351 e. The van der Waals surface area contributed by atoms with Crippen LogP contribution in [0.25, 0.3) is 0 Å². The van der Waals surface area contributed by atoms with Crippen molar-refractivity contribution < 1.29 is 0 Å². The lowest BCUT2D eigenvalue weighted by Gasteiger charge is -2.38. The summed E-state index contributed by atoms with van der Waals surface area (Å²) in [6, 6.07) is 0.818. The molecule has 2 fully saturated rings. The van der Waals surface area contributed by atoms with Crippen molar-refractivity contribution in [2.75, 3.05) is 31.1 Å². The summed E-state index contributed by atoms with van der Waals surface area (Å²) in [5.74, 6) is 0.862. The zero-order valence-electron chi connectivity index (χ0n) is 12.4. The third-order valence-corrected chi connectivity index (χ3v) is 4.96. The summed E-state index contributed by atoms with van der Waals surface area (Å²) in [6.07, 6.45) is 5.56. The second kappa shape index (κ2) is 5.86. The molecule has 2 heterocycles. The van der Waals surface area contributed by atoms with Gasteiger partial charge in [0.2, 0.25) is 0 Å². The first-order valence-corrected chi connectivity index (χ1v) is 8.02. The van der Waals surface area contributed by atoms with Crippen LogP contribution in [0.4, 0.5) is 5.82 Å². The highest BCUT2D eigenvalue weighted by Gasteiger charge is 2.27. The number of anilines is 1. The highest BCUT2D eigenvalue weighted by Crippen LogP contribution is 2.27. The molecule has 110 valence electrons. The van der Waals surface area contributed by atoms with Crippen molar-refractivity contribution in [2.24, 2.45) is 0 Å². The molecule has 20 heavy (non-hydrogen) atoms. The Kier molecular flexibility index (Phi) is 4.13. The number of halogens is 1. The van der Waals surface area contributed by atoms with E-state index in [0.29, 0.717) is 5.15 Å². The van der Waals surface area contributed by atoms with Gasteiger partial charge in [0, 0.05) is 32.2 Å². The monoisotopic (exact) mass is 294 g/mol. The molecule has 0 bridgehead atoms. The standard InChI is InChI=1S/C15H23ClN4/c1-11-12(2)18-15(14(16)17-11)20-9-7-19(8-10-20)13-5-3-4-6-13/h13H,3-10H2,1-2H3. The van der Waals surface area contributed by atoms with Gasteiger partial charge >= 0.3 is 0 Å². The molecule has 1 aromatic heterocycles. The Bertz CT molecular complexity index is 477. The van der Waals surface area contributed by atoms with Crippen LogP contribution in [-0.4, -0.2) is 47.1 Å². The zero-order chi connectivity index (χ0) is 14.1. The van der Waals surface area contributed by atoms with Gasteiger partial charge in [0.25, 0.3) is 0 Å². The van der Waals surface area contributed by atoms with E-state index < -0.39 is 0 Å². The molecule has 4 nitrogen and oxygen atoms in total. The normalized spacial score (nSPS) is 21.6. The number of nitrogens with zero attached hydrogens (tertiary/aromatic N) is 4. The molecule has 2 aliphatic rings. The lowest BCUT2D eigenvalue weighted by molar-refractivity contribution is 0.187. The predicted molar refractivity (Wildman–Crippen MR) is 82.6 cm³/mol. The molecule has 0 aromatic carbocycles. The van der Waals surface area contributed by atoms with E-state index in [4.69, 9.17) is 11.6 Å². The van der Waals surface area contributed by atoms with Crippen LogP contribution in [0, 0.1) is 13.8 Å². The Labute approximate surface area is 126 Å². The van der Waals surface area contributed by atoms with Gasteiger partial charge in [0.15, 0.2) is 11.0 Å². The van der Waals surface area contributed by atoms with Crippen molar-refractivity contribution in [3.8, 4) is 0 Å². The Morgan fingerprint density at radius 2 is 1.55 bits per heavy atom. The fraction of sp³-hybridized carbons (Fsp3) is 0.733. The number of hydrogen-bond acceptors (Lipinski definition) is 4. The minimum absolute atomic E-state index is 0.544. The van der Waals surface area contributed by atoms with Crippen LogP contribution in [0.15, 0.2) is 0 Å². The number of piperazine rings is 1. The maximum Gasteiger partial charge on any atom is 0.171 e. The quantitative estimate of drug-likeness (QED) is 0.839. The Hall–Kier alpha value is -0.870. The first-order chi connectivity index (χ1) is 9.65. The third kappa shape index (κ3) is 2.77. The highest BCUT2D eigenvalue weighted by molar-refractivity contribution is 6.31. The molecule has 5 heteroatoms. The molecular weight excluding hydrogens is 272 g/mol. The molecule has 0 unspecified atom stereocenters. The van der Waals surface area contributed by atoms with Gasteiger partial charge < -0.3 is 4.90 Å². The van der Waals surface area contributed by atoms with E-state index in [1.54, 1.807) is 0 Å². The SMILES string of the molecule is Cc1nc(Cl)c(N2CCN(C3CCCC3)CC2)nc1C. The van der Waals surface area contributed by atoms with Crippen LogP contribution in [0.1, 0.15) is 37.1 Å². The number of aromatic nitrogens is 2. The largest absolute Gasteiger partial charge is 0.351 e. The van der Waals surface area contributed by atoms with Crippen molar-refractivity contribution in [1.82, 2.24) is 14.9 Å². The van der Waals surface area contributed by atoms with Gasteiger partial charge in [-0.3, -0.25) is 4.90 Å². The number of hydrogen-bond donors (Lipinski definition) is 0.